The highest BCUT2D eigenvalue weighted by molar-refractivity contribution is 5.39. The molecule has 4 rings (SSSR count). The zero-order valence-corrected chi connectivity index (χ0v) is 18.0. The van der Waals surface area contributed by atoms with Gasteiger partial charge in [0.25, 0.3) is 0 Å². The first-order valence-corrected chi connectivity index (χ1v) is 10.7. The summed E-state index contributed by atoms with van der Waals surface area (Å²) in [5, 5.41) is 0. The SMILES string of the molecule is C[NH+](CC#C[C@]1(C)CC[C@@H]2[C@H](O1)c1ccccc1OC2(C)C)Cc1ccccc1. The van der Waals surface area contributed by atoms with Gasteiger partial charge in [-0.05, 0) is 45.6 Å². The second-order valence-corrected chi connectivity index (χ2v) is 9.26. The molecule has 1 fully saturated rings. The van der Waals surface area contributed by atoms with E-state index in [0.717, 1.165) is 37.2 Å². The molecule has 0 amide bonds. The molecule has 0 spiro atoms. The summed E-state index contributed by atoms with van der Waals surface area (Å²) in [4.78, 5) is 1.39. The molecule has 2 aliphatic heterocycles. The summed E-state index contributed by atoms with van der Waals surface area (Å²) < 4.78 is 13.0. The van der Waals surface area contributed by atoms with Crippen LogP contribution in [-0.2, 0) is 11.3 Å². The third-order valence-electron chi connectivity index (χ3n) is 6.27. The summed E-state index contributed by atoms with van der Waals surface area (Å²) >= 11 is 0. The molecule has 3 heteroatoms. The van der Waals surface area contributed by atoms with Gasteiger partial charge >= 0.3 is 0 Å². The van der Waals surface area contributed by atoms with Crippen molar-refractivity contribution in [1.29, 1.82) is 0 Å². The van der Waals surface area contributed by atoms with Crippen molar-refractivity contribution < 1.29 is 14.4 Å². The molecule has 0 bridgehead atoms. The first-order chi connectivity index (χ1) is 13.9. The van der Waals surface area contributed by atoms with Crippen molar-refractivity contribution >= 4 is 0 Å². The van der Waals surface area contributed by atoms with E-state index in [2.05, 4.69) is 88.2 Å². The van der Waals surface area contributed by atoms with E-state index in [1.54, 1.807) is 0 Å². The molecule has 0 aromatic heterocycles. The first-order valence-electron chi connectivity index (χ1n) is 10.7. The molecule has 1 unspecified atom stereocenters. The van der Waals surface area contributed by atoms with Crippen molar-refractivity contribution in [3.05, 3.63) is 65.7 Å². The molecule has 3 nitrogen and oxygen atoms in total. The van der Waals surface area contributed by atoms with Crippen LogP contribution in [0.3, 0.4) is 0 Å². The second kappa shape index (κ2) is 7.86. The lowest BCUT2D eigenvalue weighted by molar-refractivity contribution is -0.886. The number of benzene rings is 2. The highest BCUT2D eigenvalue weighted by atomic mass is 16.5. The van der Waals surface area contributed by atoms with Crippen molar-refractivity contribution in [1.82, 2.24) is 0 Å². The quantitative estimate of drug-likeness (QED) is 0.806. The van der Waals surface area contributed by atoms with Crippen LogP contribution < -0.4 is 9.64 Å². The summed E-state index contributed by atoms with van der Waals surface area (Å²) in [6, 6.07) is 18.9. The number of rotatable bonds is 3. The van der Waals surface area contributed by atoms with Crippen LogP contribution in [0.5, 0.6) is 5.75 Å². The summed E-state index contributed by atoms with van der Waals surface area (Å²) in [5.41, 5.74) is 1.87. The number of hydrogen-bond donors (Lipinski definition) is 1. The van der Waals surface area contributed by atoms with Gasteiger partial charge in [-0.1, -0.05) is 54.5 Å². The summed E-state index contributed by atoms with van der Waals surface area (Å²) in [5.74, 6) is 8.18. The van der Waals surface area contributed by atoms with E-state index in [0.29, 0.717) is 5.92 Å². The third kappa shape index (κ3) is 4.34. The zero-order chi connectivity index (χ0) is 20.5. The van der Waals surface area contributed by atoms with Crippen molar-refractivity contribution in [3.63, 3.8) is 0 Å². The number of quaternary nitrogens is 1. The fourth-order valence-corrected chi connectivity index (χ4v) is 4.64. The average molecular weight is 391 g/mol. The van der Waals surface area contributed by atoms with Gasteiger partial charge in [0.2, 0.25) is 0 Å². The van der Waals surface area contributed by atoms with Gasteiger partial charge in [-0.3, -0.25) is 0 Å². The van der Waals surface area contributed by atoms with E-state index in [-0.39, 0.29) is 11.7 Å². The van der Waals surface area contributed by atoms with E-state index in [1.807, 2.05) is 6.07 Å². The molecular weight excluding hydrogens is 358 g/mol. The highest BCUT2D eigenvalue weighted by Gasteiger charge is 2.49. The molecule has 0 aliphatic carbocycles. The van der Waals surface area contributed by atoms with Gasteiger partial charge in [0.1, 0.15) is 30.0 Å². The standard InChI is InChI=1S/C26H31NO2/c1-25(2)22-15-17-26(3,29-24(22)21-13-8-9-14-23(21)28-25)16-10-18-27(4)19-20-11-6-5-7-12-20/h5-9,11-14,22,24H,15,17-19H2,1-4H3/p+1/t22-,24-,26-/m1/s1. The largest absolute Gasteiger partial charge is 0.487 e. The molecular formula is C26H32NO2+. The number of ether oxygens (including phenoxy) is 2. The average Bonchev–Trinajstić information content (AvgIpc) is 2.68. The van der Waals surface area contributed by atoms with Gasteiger partial charge in [0, 0.05) is 17.0 Å². The summed E-state index contributed by atoms with van der Waals surface area (Å²) in [7, 11) is 2.19. The Bertz CT molecular complexity index is 911. The second-order valence-electron chi connectivity index (χ2n) is 9.26. The number of fused-ring (bicyclic) bond motifs is 3. The van der Waals surface area contributed by atoms with Crippen LogP contribution >= 0.6 is 0 Å². The van der Waals surface area contributed by atoms with Crippen molar-refractivity contribution in [2.45, 2.75) is 57.5 Å². The van der Waals surface area contributed by atoms with Crippen LogP contribution in [0.15, 0.2) is 54.6 Å². The molecule has 1 saturated heterocycles. The predicted octanol–water partition coefficient (Wildman–Crippen LogP) is 3.80. The minimum Gasteiger partial charge on any atom is -0.487 e. The Balaban J connectivity index is 1.46. The van der Waals surface area contributed by atoms with Crippen LogP contribution in [-0.4, -0.2) is 24.8 Å². The van der Waals surface area contributed by atoms with Crippen molar-refractivity contribution in [2.24, 2.45) is 5.92 Å². The molecule has 1 N–H and O–H groups in total. The Morgan fingerprint density at radius 1 is 1.03 bits per heavy atom. The Hall–Kier alpha value is -2.28. The van der Waals surface area contributed by atoms with E-state index in [9.17, 15) is 0 Å². The van der Waals surface area contributed by atoms with Gasteiger partial charge in [0.15, 0.2) is 0 Å². The lowest BCUT2D eigenvalue weighted by Crippen LogP contribution is -3.07. The van der Waals surface area contributed by atoms with Crippen LogP contribution in [0.1, 0.15) is 50.8 Å². The van der Waals surface area contributed by atoms with Crippen LogP contribution in [0.2, 0.25) is 0 Å². The van der Waals surface area contributed by atoms with Crippen LogP contribution in [0.25, 0.3) is 0 Å². The monoisotopic (exact) mass is 390 g/mol. The fourth-order valence-electron chi connectivity index (χ4n) is 4.64. The Labute approximate surface area is 175 Å². The van der Waals surface area contributed by atoms with E-state index >= 15 is 0 Å². The Kier molecular flexibility index (Phi) is 5.42. The molecule has 4 atom stereocenters. The van der Waals surface area contributed by atoms with Gasteiger partial charge in [0.05, 0.1) is 13.2 Å². The molecule has 2 aliphatic rings. The first kappa shape index (κ1) is 20.0. The van der Waals surface area contributed by atoms with Gasteiger partial charge in [-0.15, -0.1) is 0 Å². The number of hydrogen-bond acceptors (Lipinski definition) is 2. The maximum Gasteiger partial charge on any atom is 0.139 e. The van der Waals surface area contributed by atoms with Crippen LogP contribution in [0.4, 0.5) is 0 Å². The Morgan fingerprint density at radius 3 is 2.55 bits per heavy atom. The zero-order valence-electron chi connectivity index (χ0n) is 18.0. The summed E-state index contributed by atoms with van der Waals surface area (Å²) in [6.07, 6.45) is 2.04. The third-order valence-corrected chi connectivity index (χ3v) is 6.27. The van der Waals surface area contributed by atoms with Crippen molar-refractivity contribution in [3.8, 4) is 17.6 Å². The van der Waals surface area contributed by atoms with E-state index in [4.69, 9.17) is 9.47 Å². The summed E-state index contributed by atoms with van der Waals surface area (Å²) in [6.45, 7) is 8.30. The molecule has 29 heavy (non-hydrogen) atoms. The smallest absolute Gasteiger partial charge is 0.139 e. The number of para-hydroxylation sites is 1. The van der Waals surface area contributed by atoms with E-state index in [1.165, 1.54) is 10.5 Å². The van der Waals surface area contributed by atoms with Crippen LogP contribution in [0, 0.1) is 17.8 Å². The van der Waals surface area contributed by atoms with Gasteiger partial charge in [-0.25, -0.2) is 0 Å². The normalized spacial score (nSPS) is 28.1. The minimum absolute atomic E-state index is 0.0393. The minimum atomic E-state index is -0.408. The molecule has 2 aromatic carbocycles. The van der Waals surface area contributed by atoms with E-state index < -0.39 is 5.60 Å². The topological polar surface area (TPSA) is 22.9 Å². The number of nitrogens with one attached hydrogen (secondary N) is 1. The highest BCUT2D eigenvalue weighted by Crippen LogP contribution is 2.52. The maximum absolute atomic E-state index is 6.68. The Morgan fingerprint density at radius 2 is 1.76 bits per heavy atom. The fraction of sp³-hybridized carbons (Fsp3) is 0.462. The lowest BCUT2D eigenvalue weighted by Gasteiger charge is -2.50. The molecule has 2 aromatic rings. The molecule has 0 saturated carbocycles. The molecule has 152 valence electrons. The molecule has 2 heterocycles. The maximum atomic E-state index is 6.68. The predicted molar refractivity (Wildman–Crippen MR) is 116 cm³/mol. The molecule has 0 radical (unpaired) electrons. The van der Waals surface area contributed by atoms with Gasteiger partial charge in [-0.2, -0.15) is 0 Å². The van der Waals surface area contributed by atoms with Crippen molar-refractivity contribution in [2.75, 3.05) is 13.6 Å². The van der Waals surface area contributed by atoms with Gasteiger partial charge < -0.3 is 14.4 Å². The lowest BCUT2D eigenvalue weighted by atomic mass is 9.73.